The number of ether oxygens (including phenoxy) is 1. The summed E-state index contributed by atoms with van der Waals surface area (Å²) < 4.78 is 5.52. The molecule has 0 unspecified atom stereocenters. The third-order valence-corrected chi connectivity index (χ3v) is 3.71. The molecule has 0 atom stereocenters. The third kappa shape index (κ3) is 5.91. The van der Waals surface area contributed by atoms with Gasteiger partial charge in [0.25, 0.3) is 5.91 Å². The molecular weight excluding hydrogens is 318 g/mol. The van der Waals surface area contributed by atoms with Crippen molar-refractivity contribution in [1.29, 1.82) is 0 Å². The Morgan fingerprint density at radius 2 is 1.88 bits per heavy atom. The van der Waals surface area contributed by atoms with Crippen LogP contribution in [0.25, 0.3) is 0 Å². The molecule has 1 heterocycles. The van der Waals surface area contributed by atoms with Gasteiger partial charge in [0, 0.05) is 37.0 Å². The van der Waals surface area contributed by atoms with Crippen LogP contribution in [-0.2, 0) is 11.2 Å². The minimum absolute atomic E-state index is 0.0435. The number of aromatic nitrogens is 1. The van der Waals surface area contributed by atoms with E-state index in [4.69, 9.17) is 10.5 Å². The van der Waals surface area contributed by atoms with Crippen LogP contribution in [0.4, 0.5) is 0 Å². The number of nitrogens with zero attached hydrogens (tertiary/aromatic N) is 2. The lowest BCUT2D eigenvalue weighted by molar-refractivity contribution is -0.133. The molecule has 0 aliphatic rings. The summed E-state index contributed by atoms with van der Waals surface area (Å²) in [6.45, 7) is 3.27. The highest BCUT2D eigenvalue weighted by molar-refractivity contribution is 5.92. The van der Waals surface area contributed by atoms with Crippen LogP contribution in [0.5, 0.6) is 5.75 Å². The van der Waals surface area contributed by atoms with Crippen molar-refractivity contribution in [1.82, 2.24) is 9.88 Å². The number of carbonyl (C=O) groups is 2. The van der Waals surface area contributed by atoms with Gasteiger partial charge in [-0.05, 0) is 42.8 Å². The van der Waals surface area contributed by atoms with Crippen LogP contribution in [0.15, 0.2) is 48.7 Å². The molecule has 0 aliphatic carbocycles. The van der Waals surface area contributed by atoms with E-state index in [2.05, 4.69) is 4.98 Å². The van der Waals surface area contributed by atoms with Crippen LogP contribution in [0.3, 0.4) is 0 Å². The maximum absolute atomic E-state index is 12.4. The van der Waals surface area contributed by atoms with E-state index in [0.717, 1.165) is 12.1 Å². The lowest BCUT2D eigenvalue weighted by Crippen LogP contribution is -2.37. The molecule has 0 spiro atoms. The van der Waals surface area contributed by atoms with Gasteiger partial charge in [-0.3, -0.25) is 14.6 Å². The van der Waals surface area contributed by atoms with Crippen molar-refractivity contribution in [3.05, 3.63) is 59.9 Å². The highest BCUT2D eigenvalue weighted by atomic mass is 16.5. The first-order valence-electron chi connectivity index (χ1n) is 8.30. The monoisotopic (exact) mass is 341 g/mol. The smallest absolute Gasteiger partial charge is 0.260 e. The predicted octanol–water partition coefficient (Wildman–Crippen LogP) is 2.04. The van der Waals surface area contributed by atoms with Crippen LogP contribution in [-0.4, -0.2) is 41.4 Å². The molecule has 0 aliphatic heterocycles. The normalized spacial score (nSPS) is 10.3. The Kier molecular flexibility index (Phi) is 6.95. The zero-order valence-electron chi connectivity index (χ0n) is 14.4. The van der Waals surface area contributed by atoms with Crippen LogP contribution >= 0.6 is 0 Å². The standard InChI is InChI=1S/C19H23N3O3/c1-2-12-22(13-10-16-5-3-4-11-21-16)18(23)14-25-17-8-6-15(7-9-17)19(20)24/h3-9,11H,2,10,12-14H2,1H3,(H2,20,24). The first kappa shape index (κ1) is 18.4. The highest BCUT2D eigenvalue weighted by Gasteiger charge is 2.14. The van der Waals surface area contributed by atoms with Gasteiger partial charge in [-0.1, -0.05) is 13.0 Å². The molecule has 0 saturated carbocycles. The summed E-state index contributed by atoms with van der Waals surface area (Å²) in [7, 11) is 0. The maximum atomic E-state index is 12.4. The van der Waals surface area contributed by atoms with Gasteiger partial charge in [0.2, 0.25) is 5.91 Å². The lowest BCUT2D eigenvalue weighted by atomic mass is 10.2. The third-order valence-electron chi connectivity index (χ3n) is 3.71. The SMILES string of the molecule is CCCN(CCc1ccccn1)C(=O)COc1ccc(C(N)=O)cc1. The fraction of sp³-hybridized carbons (Fsp3) is 0.316. The molecule has 1 aromatic carbocycles. The van der Waals surface area contributed by atoms with Crippen molar-refractivity contribution < 1.29 is 14.3 Å². The molecule has 0 bridgehead atoms. The first-order valence-corrected chi connectivity index (χ1v) is 8.30. The molecule has 132 valence electrons. The summed E-state index contributed by atoms with van der Waals surface area (Å²) >= 11 is 0. The fourth-order valence-corrected chi connectivity index (χ4v) is 2.38. The number of carbonyl (C=O) groups excluding carboxylic acids is 2. The lowest BCUT2D eigenvalue weighted by Gasteiger charge is -2.22. The molecule has 2 N–H and O–H groups in total. The minimum Gasteiger partial charge on any atom is -0.484 e. The van der Waals surface area contributed by atoms with Crippen molar-refractivity contribution in [3.63, 3.8) is 0 Å². The summed E-state index contributed by atoms with van der Waals surface area (Å²) in [6.07, 6.45) is 3.33. The highest BCUT2D eigenvalue weighted by Crippen LogP contribution is 2.12. The van der Waals surface area contributed by atoms with Crippen molar-refractivity contribution in [2.75, 3.05) is 19.7 Å². The Morgan fingerprint density at radius 3 is 2.48 bits per heavy atom. The second-order valence-electron chi connectivity index (χ2n) is 5.63. The number of primary amides is 1. The van der Waals surface area contributed by atoms with Crippen molar-refractivity contribution in [2.45, 2.75) is 19.8 Å². The molecule has 25 heavy (non-hydrogen) atoms. The van der Waals surface area contributed by atoms with Gasteiger partial charge in [-0.25, -0.2) is 0 Å². The van der Waals surface area contributed by atoms with E-state index in [1.165, 1.54) is 0 Å². The van der Waals surface area contributed by atoms with E-state index in [1.54, 1.807) is 35.4 Å². The molecule has 6 nitrogen and oxygen atoms in total. The summed E-state index contributed by atoms with van der Waals surface area (Å²) in [6, 6.07) is 12.2. The fourth-order valence-electron chi connectivity index (χ4n) is 2.38. The van der Waals surface area contributed by atoms with E-state index in [-0.39, 0.29) is 12.5 Å². The van der Waals surface area contributed by atoms with Gasteiger partial charge in [-0.15, -0.1) is 0 Å². The Balaban J connectivity index is 1.87. The average molecular weight is 341 g/mol. The Labute approximate surface area is 147 Å². The molecule has 0 fully saturated rings. The molecule has 0 saturated heterocycles. The second-order valence-corrected chi connectivity index (χ2v) is 5.63. The van der Waals surface area contributed by atoms with Gasteiger partial charge in [0.15, 0.2) is 6.61 Å². The molecule has 2 amide bonds. The largest absolute Gasteiger partial charge is 0.484 e. The molecule has 1 aromatic heterocycles. The maximum Gasteiger partial charge on any atom is 0.260 e. The molecule has 6 heteroatoms. The van der Waals surface area contributed by atoms with E-state index in [0.29, 0.717) is 30.8 Å². The van der Waals surface area contributed by atoms with Gasteiger partial charge in [0.1, 0.15) is 5.75 Å². The second kappa shape index (κ2) is 9.42. The van der Waals surface area contributed by atoms with E-state index in [1.807, 2.05) is 25.1 Å². The zero-order chi connectivity index (χ0) is 18.1. The Hall–Kier alpha value is -2.89. The van der Waals surface area contributed by atoms with E-state index >= 15 is 0 Å². The summed E-state index contributed by atoms with van der Waals surface area (Å²) in [4.78, 5) is 29.5. The zero-order valence-corrected chi connectivity index (χ0v) is 14.4. The topological polar surface area (TPSA) is 85.5 Å². The predicted molar refractivity (Wildman–Crippen MR) is 95.3 cm³/mol. The molecule has 2 rings (SSSR count). The summed E-state index contributed by atoms with van der Waals surface area (Å²) in [5, 5.41) is 0. The Morgan fingerprint density at radius 1 is 1.12 bits per heavy atom. The number of hydrogen-bond acceptors (Lipinski definition) is 4. The minimum atomic E-state index is -0.494. The number of pyridine rings is 1. The summed E-state index contributed by atoms with van der Waals surface area (Å²) in [5.74, 6) is -0.0393. The van der Waals surface area contributed by atoms with Crippen molar-refractivity contribution >= 4 is 11.8 Å². The van der Waals surface area contributed by atoms with Gasteiger partial charge in [-0.2, -0.15) is 0 Å². The number of benzene rings is 1. The van der Waals surface area contributed by atoms with E-state index in [9.17, 15) is 9.59 Å². The van der Waals surface area contributed by atoms with Crippen LogP contribution < -0.4 is 10.5 Å². The number of rotatable bonds is 9. The molecule has 2 aromatic rings. The van der Waals surface area contributed by atoms with Crippen LogP contribution in [0, 0.1) is 0 Å². The van der Waals surface area contributed by atoms with Crippen molar-refractivity contribution in [2.24, 2.45) is 5.73 Å². The van der Waals surface area contributed by atoms with Crippen LogP contribution in [0.1, 0.15) is 29.4 Å². The number of nitrogens with two attached hydrogens (primary N) is 1. The Bertz CT molecular complexity index is 687. The van der Waals surface area contributed by atoms with Crippen LogP contribution in [0.2, 0.25) is 0 Å². The molecular formula is C19H23N3O3. The van der Waals surface area contributed by atoms with Gasteiger partial charge >= 0.3 is 0 Å². The summed E-state index contributed by atoms with van der Waals surface area (Å²) in [5.41, 5.74) is 6.56. The van der Waals surface area contributed by atoms with Gasteiger partial charge < -0.3 is 15.4 Å². The molecule has 0 radical (unpaired) electrons. The average Bonchev–Trinajstić information content (AvgIpc) is 2.64. The number of hydrogen-bond donors (Lipinski definition) is 1. The van der Waals surface area contributed by atoms with E-state index < -0.39 is 5.91 Å². The quantitative estimate of drug-likeness (QED) is 0.756. The first-order chi connectivity index (χ1) is 12.1. The van der Waals surface area contributed by atoms with Gasteiger partial charge in [0.05, 0.1) is 0 Å². The number of amides is 2. The van der Waals surface area contributed by atoms with Crippen molar-refractivity contribution in [3.8, 4) is 5.75 Å².